The summed E-state index contributed by atoms with van der Waals surface area (Å²) in [5, 5.41) is 0. The maximum absolute atomic E-state index is 6.49. The van der Waals surface area contributed by atoms with Crippen molar-refractivity contribution >= 4 is 24.3 Å². The molecule has 0 radical (unpaired) electrons. The van der Waals surface area contributed by atoms with Gasteiger partial charge >= 0.3 is 0 Å². The molecule has 0 aromatic heterocycles. The second kappa shape index (κ2) is 9.55. The number of rotatable bonds is 6. The summed E-state index contributed by atoms with van der Waals surface area (Å²) >= 11 is 0. The summed E-state index contributed by atoms with van der Waals surface area (Å²) < 4.78 is 18.5. The summed E-state index contributed by atoms with van der Waals surface area (Å²) in [5.41, 5.74) is 6.72. The average molecular weight is 459 g/mol. The van der Waals surface area contributed by atoms with Crippen LogP contribution in [0.5, 0.6) is 23.0 Å². The van der Waals surface area contributed by atoms with Gasteiger partial charge in [0.25, 0.3) is 0 Å². The van der Waals surface area contributed by atoms with Gasteiger partial charge in [-0.3, -0.25) is 0 Å². The topological polar surface area (TPSA) is 27.7 Å². The average Bonchev–Trinajstić information content (AvgIpc) is 3.60. The zero-order valence-corrected chi connectivity index (χ0v) is 19.4. The minimum Gasteiger partial charge on any atom is -0.492 e. The van der Waals surface area contributed by atoms with E-state index < -0.39 is 0 Å². The lowest BCUT2D eigenvalue weighted by atomic mass is 10.0. The van der Waals surface area contributed by atoms with Crippen molar-refractivity contribution in [3.8, 4) is 23.0 Å². The van der Waals surface area contributed by atoms with Gasteiger partial charge in [0.15, 0.2) is 0 Å². The van der Waals surface area contributed by atoms with E-state index in [4.69, 9.17) is 14.2 Å². The molecule has 4 aromatic rings. The highest BCUT2D eigenvalue weighted by Gasteiger charge is 2.24. The normalized spacial score (nSPS) is 14.1. The molecule has 35 heavy (non-hydrogen) atoms. The van der Waals surface area contributed by atoms with Gasteiger partial charge in [-0.25, -0.2) is 0 Å². The van der Waals surface area contributed by atoms with Crippen LogP contribution in [0.3, 0.4) is 0 Å². The van der Waals surface area contributed by atoms with Crippen molar-refractivity contribution < 1.29 is 14.2 Å². The van der Waals surface area contributed by atoms with Gasteiger partial charge in [0, 0.05) is 35.1 Å². The van der Waals surface area contributed by atoms with E-state index in [1.807, 2.05) is 36.4 Å². The number of benzene rings is 4. The van der Waals surface area contributed by atoms with Crippen LogP contribution in [0.2, 0.25) is 0 Å². The highest BCUT2D eigenvalue weighted by molar-refractivity contribution is 5.76. The van der Waals surface area contributed by atoms with Crippen molar-refractivity contribution in [1.82, 2.24) is 0 Å². The predicted octanol–water partition coefficient (Wildman–Crippen LogP) is 7.69. The molecule has 0 bridgehead atoms. The Balaban J connectivity index is 1.28. The molecule has 2 aliphatic rings. The summed E-state index contributed by atoms with van der Waals surface area (Å²) in [6.45, 7) is 1.35. The molecule has 0 saturated carbocycles. The third-order valence-electron chi connectivity index (χ3n) is 6.42. The lowest BCUT2D eigenvalue weighted by Gasteiger charge is -2.14. The Labute approximate surface area is 205 Å². The van der Waals surface area contributed by atoms with E-state index in [-0.39, 0.29) is 0 Å². The molecule has 3 nitrogen and oxygen atoms in total. The number of ether oxygens (including phenoxy) is 3. The van der Waals surface area contributed by atoms with Gasteiger partial charge in [0.1, 0.15) is 23.0 Å². The molecule has 3 heteroatoms. The smallest absolute Gasteiger partial charge is 0.134 e. The van der Waals surface area contributed by atoms with Crippen molar-refractivity contribution in [1.29, 1.82) is 0 Å². The number of fused-ring (bicyclic) bond motifs is 2. The maximum Gasteiger partial charge on any atom is 0.134 e. The van der Waals surface area contributed by atoms with Crippen molar-refractivity contribution in [2.24, 2.45) is 0 Å². The molecule has 2 heterocycles. The van der Waals surface area contributed by atoms with E-state index in [2.05, 4.69) is 72.8 Å². The Bertz CT molecular complexity index is 1290. The van der Waals surface area contributed by atoms with Crippen LogP contribution in [0.25, 0.3) is 24.3 Å². The Hall–Kier alpha value is -4.24. The van der Waals surface area contributed by atoms with Gasteiger partial charge in [-0.15, -0.1) is 0 Å². The summed E-state index contributed by atoms with van der Waals surface area (Å²) in [6.07, 6.45) is 10.1. The molecule has 0 amide bonds. The van der Waals surface area contributed by atoms with Gasteiger partial charge in [-0.05, 0) is 35.4 Å². The van der Waals surface area contributed by atoms with E-state index in [1.165, 1.54) is 0 Å². The first-order chi connectivity index (χ1) is 17.3. The van der Waals surface area contributed by atoms with E-state index in [9.17, 15) is 0 Å². The first-order valence-electron chi connectivity index (χ1n) is 12.1. The highest BCUT2D eigenvalue weighted by Crippen LogP contribution is 2.43. The Morgan fingerprint density at radius 2 is 0.971 bits per heavy atom. The highest BCUT2D eigenvalue weighted by atomic mass is 16.5. The lowest BCUT2D eigenvalue weighted by Crippen LogP contribution is -1.94. The molecular formula is C32H26O3. The standard InChI is InChI=1S/C32H26O3/c1-3-7-23(8-4-1)11-13-25-15-17-29(27-19-21-33-31(25)27)35-30-18-16-26(32-28(30)20-22-34-32)14-12-24-9-5-2-6-10-24/h1-18H,19-22H2. The molecule has 172 valence electrons. The molecule has 0 N–H and O–H groups in total. The molecule has 0 aliphatic carbocycles. The van der Waals surface area contributed by atoms with Crippen LogP contribution < -0.4 is 14.2 Å². The molecule has 6 rings (SSSR count). The summed E-state index contributed by atoms with van der Waals surface area (Å²) in [6, 6.07) is 28.9. The quantitative estimate of drug-likeness (QED) is 0.277. The zero-order valence-electron chi connectivity index (χ0n) is 19.4. The fraction of sp³-hybridized carbons (Fsp3) is 0.125. The third-order valence-corrected chi connectivity index (χ3v) is 6.42. The van der Waals surface area contributed by atoms with Gasteiger partial charge < -0.3 is 14.2 Å². The van der Waals surface area contributed by atoms with Crippen LogP contribution in [0.1, 0.15) is 33.4 Å². The largest absolute Gasteiger partial charge is 0.492 e. The maximum atomic E-state index is 6.49. The first-order valence-corrected chi connectivity index (χ1v) is 12.1. The summed E-state index contributed by atoms with van der Waals surface area (Å²) in [4.78, 5) is 0. The SMILES string of the molecule is C(=Cc1ccc(Oc2ccc(C=Cc3ccccc3)c3c2CCO3)c2c1OCC2)c1ccccc1. The molecule has 4 aromatic carbocycles. The minimum atomic E-state index is 0.673. The molecule has 0 saturated heterocycles. The molecule has 0 unspecified atom stereocenters. The fourth-order valence-corrected chi connectivity index (χ4v) is 4.65. The Morgan fingerprint density at radius 3 is 1.43 bits per heavy atom. The molecule has 0 spiro atoms. The monoisotopic (exact) mass is 458 g/mol. The Morgan fingerprint density at radius 1 is 0.514 bits per heavy atom. The van der Waals surface area contributed by atoms with Crippen LogP contribution in [0.15, 0.2) is 84.9 Å². The van der Waals surface area contributed by atoms with Crippen LogP contribution in [0, 0.1) is 0 Å². The van der Waals surface area contributed by atoms with E-state index in [1.54, 1.807) is 0 Å². The minimum absolute atomic E-state index is 0.673. The number of hydrogen-bond donors (Lipinski definition) is 0. The molecule has 2 aliphatic heterocycles. The summed E-state index contributed by atoms with van der Waals surface area (Å²) in [7, 11) is 0. The van der Waals surface area contributed by atoms with Crippen molar-refractivity contribution in [2.75, 3.05) is 13.2 Å². The van der Waals surface area contributed by atoms with Crippen LogP contribution >= 0.6 is 0 Å². The first kappa shape index (κ1) is 21.3. The van der Waals surface area contributed by atoms with Gasteiger partial charge in [0.2, 0.25) is 0 Å². The summed E-state index contributed by atoms with van der Waals surface area (Å²) in [5.74, 6) is 3.56. The van der Waals surface area contributed by atoms with Crippen LogP contribution in [-0.2, 0) is 12.8 Å². The van der Waals surface area contributed by atoms with E-state index in [0.717, 1.165) is 69.2 Å². The fourth-order valence-electron chi connectivity index (χ4n) is 4.65. The lowest BCUT2D eigenvalue weighted by molar-refractivity contribution is 0.356. The van der Waals surface area contributed by atoms with E-state index >= 15 is 0 Å². The van der Waals surface area contributed by atoms with Crippen molar-refractivity contribution in [2.45, 2.75) is 12.8 Å². The second-order valence-corrected chi connectivity index (χ2v) is 8.71. The third kappa shape index (κ3) is 4.45. The zero-order chi connectivity index (χ0) is 23.5. The Kier molecular flexibility index (Phi) is 5.82. The predicted molar refractivity (Wildman–Crippen MR) is 142 cm³/mol. The number of hydrogen-bond acceptors (Lipinski definition) is 3. The second-order valence-electron chi connectivity index (χ2n) is 8.71. The molecule has 0 atom stereocenters. The molecule has 0 fully saturated rings. The van der Waals surface area contributed by atoms with E-state index in [0.29, 0.717) is 13.2 Å². The van der Waals surface area contributed by atoms with Gasteiger partial charge in [-0.2, -0.15) is 0 Å². The van der Waals surface area contributed by atoms with Crippen LogP contribution in [-0.4, -0.2) is 13.2 Å². The van der Waals surface area contributed by atoms with Gasteiger partial charge in [-0.1, -0.05) is 85.0 Å². The van der Waals surface area contributed by atoms with Gasteiger partial charge in [0.05, 0.1) is 13.2 Å². The van der Waals surface area contributed by atoms with Crippen molar-refractivity contribution in [3.63, 3.8) is 0 Å². The van der Waals surface area contributed by atoms with Crippen molar-refractivity contribution in [3.05, 3.63) is 118 Å². The van der Waals surface area contributed by atoms with Crippen LogP contribution in [0.4, 0.5) is 0 Å². The molecular weight excluding hydrogens is 432 g/mol.